The third-order valence-electron chi connectivity index (χ3n) is 3.50. The second-order valence-electron chi connectivity index (χ2n) is 4.89. The summed E-state index contributed by atoms with van der Waals surface area (Å²) in [6.45, 7) is 4.23. The molecular weight excluding hydrogens is 242 g/mol. The SMILES string of the molecule is Cc1cc(-c2nc(N)c3c(n2)CCCC3)c(C)s1. The number of anilines is 1. The van der Waals surface area contributed by atoms with E-state index in [1.807, 2.05) is 0 Å². The van der Waals surface area contributed by atoms with Crippen LogP contribution in [-0.4, -0.2) is 9.97 Å². The lowest BCUT2D eigenvalue weighted by Crippen LogP contribution is -2.11. The third kappa shape index (κ3) is 1.90. The smallest absolute Gasteiger partial charge is 0.162 e. The second-order valence-corrected chi connectivity index (χ2v) is 6.35. The first-order valence-electron chi connectivity index (χ1n) is 6.38. The van der Waals surface area contributed by atoms with Crippen molar-refractivity contribution in [3.63, 3.8) is 0 Å². The fourth-order valence-electron chi connectivity index (χ4n) is 2.60. The molecule has 1 aliphatic carbocycles. The highest BCUT2D eigenvalue weighted by molar-refractivity contribution is 7.12. The highest BCUT2D eigenvalue weighted by atomic mass is 32.1. The maximum Gasteiger partial charge on any atom is 0.162 e. The van der Waals surface area contributed by atoms with E-state index in [-0.39, 0.29) is 0 Å². The number of nitrogen functional groups attached to an aromatic ring is 1. The predicted octanol–water partition coefficient (Wildman–Crippen LogP) is 3.28. The molecule has 2 N–H and O–H groups in total. The largest absolute Gasteiger partial charge is 0.383 e. The summed E-state index contributed by atoms with van der Waals surface area (Å²) in [4.78, 5) is 11.8. The van der Waals surface area contributed by atoms with Gasteiger partial charge in [-0.3, -0.25) is 0 Å². The Kier molecular flexibility index (Phi) is 2.82. The number of rotatable bonds is 1. The molecule has 3 nitrogen and oxygen atoms in total. The zero-order chi connectivity index (χ0) is 12.7. The van der Waals surface area contributed by atoms with Crippen molar-refractivity contribution in [2.75, 3.05) is 5.73 Å². The molecule has 0 spiro atoms. The molecule has 0 amide bonds. The van der Waals surface area contributed by atoms with Crippen LogP contribution >= 0.6 is 11.3 Å². The molecule has 0 atom stereocenters. The van der Waals surface area contributed by atoms with Crippen molar-refractivity contribution in [2.45, 2.75) is 39.5 Å². The van der Waals surface area contributed by atoms with Gasteiger partial charge in [-0.1, -0.05) is 0 Å². The normalized spacial score (nSPS) is 14.6. The minimum absolute atomic E-state index is 0.679. The first-order valence-corrected chi connectivity index (χ1v) is 7.19. The van der Waals surface area contributed by atoms with Crippen LogP contribution in [0.3, 0.4) is 0 Å². The first-order chi connectivity index (χ1) is 8.65. The van der Waals surface area contributed by atoms with Crippen molar-refractivity contribution in [1.82, 2.24) is 9.97 Å². The van der Waals surface area contributed by atoms with Gasteiger partial charge in [0.25, 0.3) is 0 Å². The fraction of sp³-hybridized carbons (Fsp3) is 0.429. The molecule has 3 rings (SSSR count). The molecule has 4 heteroatoms. The topological polar surface area (TPSA) is 51.8 Å². The van der Waals surface area contributed by atoms with Gasteiger partial charge in [0.15, 0.2) is 5.82 Å². The van der Waals surface area contributed by atoms with E-state index < -0.39 is 0 Å². The molecule has 0 radical (unpaired) electrons. The van der Waals surface area contributed by atoms with Crippen molar-refractivity contribution in [3.05, 3.63) is 27.1 Å². The van der Waals surface area contributed by atoms with Crippen molar-refractivity contribution >= 4 is 17.2 Å². The zero-order valence-electron chi connectivity index (χ0n) is 10.8. The Morgan fingerprint density at radius 3 is 2.67 bits per heavy atom. The number of aryl methyl sites for hydroxylation is 3. The molecule has 2 aromatic rings. The molecule has 18 heavy (non-hydrogen) atoms. The van der Waals surface area contributed by atoms with Gasteiger partial charge in [0.05, 0.1) is 0 Å². The Labute approximate surface area is 111 Å². The van der Waals surface area contributed by atoms with Gasteiger partial charge in [-0.15, -0.1) is 11.3 Å². The van der Waals surface area contributed by atoms with E-state index in [2.05, 4.69) is 24.9 Å². The Morgan fingerprint density at radius 1 is 1.17 bits per heavy atom. The average molecular weight is 259 g/mol. The molecule has 0 fully saturated rings. The van der Waals surface area contributed by atoms with Gasteiger partial charge >= 0.3 is 0 Å². The summed E-state index contributed by atoms with van der Waals surface area (Å²) < 4.78 is 0. The van der Waals surface area contributed by atoms with Gasteiger partial charge in [-0.2, -0.15) is 0 Å². The number of nitrogens with two attached hydrogens (primary N) is 1. The number of hydrogen-bond acceptors (Lipinski definition) is 4. The summed E-state index contributed by atoms with van der Waals surface area (Å²) in [5.41, 5.74) is 9.56. The molecule has 2 heterocycles. The molecule has 0 saturated heterocycles. The van der Waals surface area contributed by atoms with E-state index in [4.69, 9.17) is 10.7 Å². The summed E-state index contributed by atoms with van der Waals surface area (Å²) in [7, 11) is 0. The fourth-order valence-corrected chi connectivity index (χ4v) is 3.52. The van der Waals surface area contributed by atoms with Crippen molar-refractivity contribution in [2.24, 2.45) is 0 Å². The molecule has 0 aliphatic heterocycles. The van der Waals surface area contributed by atoms with E-state index in [0.717, 1.165) is 29.9 Å². The molecule has 0 unspecified atom stereocenters. The number of hydrogen-bond donors (Lipinski definition) is 1. The quantitative estimate of drug-likeness (QED) is 0.855. The maximum absolute atomic E-state index is 6.09. The van der Waals surface area contributed by atoms with E-state index in [9.17, 15) is 0 Å². The molecule has 2 aromatic heterocycles. The summed E-state index contributed by atoms with van der Waals surface area (Å²) in [6.07, 6.45) is 4.49. The Hall–Kier alpha value is -1.42. The molecule has 0 aromatic carbocycles. The summed E-state index contributed by atoms with van der Waals surface area (Å²) in [5, 5.41) is 0. The second kappa shape index (κ2) is 4.35. The zero-order valence-corrected chi connectivity index (χ0v) is 11.6. The number of aromatic nitrogens is 2. The highest BCUT2D eigenvalue weighted by Crippen LogP contribution is 2.31. The van der Waals surface area contributed by atoms with Gasteiger partial charge in [0.1, 0.15) is 5.82 Å². The van der Waals surface area contributed by atoms with Crippen LogP contribution in [0.5, 0.6) is 0 Å². The van der Waals surface area contributed by atoms with Crippen LogP contribution in [-0.2, 0) is 12.8 Å². The number of thiophene rings is 1. The van der Waals surface area contributed by atoms with Crippen molar-refractivity contribution in [3.8, 4) is 11.4 Å². The molecular formula is C14H17N3S. The molecule has 0 saturated carbocycles. The molecule has 94 valence electrons. The highest BCUT2D eigenvalue weighted by Gasteiger charge is 2.18. The first kappa shape index (κ1) is 11.7. The lowest BCUT2D eigenvalue weighted by molar-refractivity contribution is 0.666. The Balaban J connectivity index is 2.13. The van der Waals surface area contributed by atoms with Crippen LogP contribution < -0.4 is 5.73 Å². The van der Waals surface area contributed by atoms with Gasteiger partial charge in [0.2, 0.25) is 0 Å². The van der Waals surface area contributed by atoms with Gasteiger partial charge in [0, 0.05) is 26.6 Å². The lowest BCUT2D eigenvalue weighted by atomic mass is 9.96. The average Bonchev–Trinajstić information content (AvgIpc) is 2.68. The van der Waals surface area contributed by atoms with Crippen LogP contribution in [0.4, 0.5) is 5.82 Å². The van der Waals surface area contributed by atoms with Crippen molar-refractivity contribution < 1.29 is 0 Å². The van der Waals surface area contributed by atoms with Crippen LogP contribution in [0, 0.1) is 13.8 Å². The van der Waals surface area contributed by atoms with Gasteiger partial charge in [-0.05, 0) is 45.6 Å². The van der Waals surface area contributed by atoms with Crippen LogP contribution in [0.2, 0.25) is 0 Å². The lowest BCUT2D eigenvalue weighted by Gasteiger charge is -2.17. The summed E-state index contributed by atoms with van der Waals surface area (Å²) in [5.74, 6) is 1.48. The van der Waals surface area contributed by atoms with Gasteiger partial charge in [-0.25, -0.2) is 9.97 Å². The Bertz CT molecular complexity index is 601. The van der Waals surface area contributed by atoms with Gasteiger partial charge < -0.3 is 5.73 Å². The van der Waals surface area contributed by atoms with Crippen LogP contribution in [0.25, 0.3) is 11.4 Å². The monoisotopic (exact) mass is 259 g/mol. The predicted molar refractivity (Wildman–Crippen MR) is 75.9 cm³/mol. The van der Waals surface area contributed by atoms with E-state index in [1.165, 1.54) is 28.2 Å². The Morgan fingerprint density at radius 2 is 1.94 bits per heavy atom. The summed E-state index contributed by atoms with van der Waals surface area (Å²) >= 11 is 1.79. The minimum atomic E-state index is 0.679. The molecule has 1 aliphatic rings. The van der Waals surface area contributed by atoms with Crippen molar-refractivity contribution in [1.29, 1.82) is 0 Å². The van der Waals surface area contributed by atoms with E-state index in [0.29, 0.717) is 5.82 Å². The standard InChI is InChI=1S/C14H17N3S/c1-8-7-11(9(2)18-8)14-16-12-6-4-3-5-10(12)13(15)17-14/h7H,3-6H2,1-2H3,(H2,15,16,17). The third-order valence-corrected chi connectivity index (χ3v) is 4.46. The molecule has 0 bridgehead atoms. The van der Waals surface area contributed by atoms with E-state index >= 15 is 0 Å². The minimum Gasteiger partial charge on any atom is -0.383 e. The number of fused-ring (bicyclic) bond motifs is 1. The van der Waals surface area contributed by atoms with Crippen LogP contribution in [0.1, 0.15) is 33.9 Å². The maximum atomic E-state index is 6.09. The summed E-state index contributed by atoms with van der Waals surface area (Å²) in [6, 6.07) is 2.16. The van der Waals surface area contributed by atoms with E-state index in [1.54, 1.807) is 11.3 Å². The number of nitrogens with zero attached hydrogens (tertiary/aromatic N) is 2. The van der Waals surface area contributed by atoms with Crippen LogP contribution in [0.15, 0.2) is 6.07 Å².